The maximum atomic E-state index is 12.4. The van der Waals surface area contributed by atoms with Gasteiger partial charge in [0.2, 0.25) is 0 Å². The highest BCUT2D eigenvalue weighted by Gasteiger charge is 2.22. The van der Waals surface area contributed by atoms with Crippen LogP contribution in [0.15, 0.2) is 36.4 Å². The summed E-state index contributed by atoms with van der Waals surface area (Å²) in [6, 6.07) is 12.5. The number of fused-ring (bicyclic) bond motifs is 1. The van der Waals surface area contributed by atoms with E-state index < -0.39 is 0 Å². The van der Waals surface area contributed by atoms with Gasteiger partial charge in [-0.1, -0.05) is 24.3 Å². The molecule has 1 amide bonds. The summed E-state index contributed by atoms with van der Waals surface area (Å²) >= 11 is 0. The van der Waals surface area contributed by atoms with Crippen LogP contribution in [0.5, 0.6) is 0 Å². The van der Waals surface area contributed by atoms with Gasteiger partial charge >= 0.3 is 0 Å². The number of carbonyl (C=O) groups is 1. The summed E-state index contributed by atoms with van der Waals surface area (Å²) in [5.41, 5.74) is 1.37. The van der Waals surface area contributed by atoms with Crippen LogP contribution in [0, 0.1) is 0 Å². The van der Waals surface area contributed by atoms with Gasteiger partial charge in [-0.3, -0.25) is 4.79 Å². The lowest BCUT2D eigenvalue weighted by Crippen LogP contribution is -2.46. The molecule has 1 aliphatic rings. The first-order valence-electron chi connectivity index (χ1n) is 8.04. The fourth-order valence-corrected chi connectivity index (χ4v) is 3.01. The van der Waals surface area contributed by atoms with E-state index >= 15 is 0 Å². The van der Waals surface area contributed by atoms with Gasteiger partial charge in [-0.25, -0.2) is 4.98 Å². The Morgan fingerprint density at radius 1 is 1.18 bits per heavy atom. The summed E-state index contributed by atoms with van der Waals surface area (Å²) in [5.74, 6) is -0.0613. The number of likely N-dealkylation sites (tertiary alicyclic amines) is 1. The molecule has 3 rings (SSSR count). The fourth-order valence-electron chi connectivity index (χ4n) is 3.01. The van der Waals surface area contributed by atoms with E-state index in [0.717, 1.165) is 36.8 Å². The summed E-state index contributed by atoms with van der Waals surface area (Å²) < 4.78 is 0. The van der Waals surface area contributed by atoms with Gasteiger partial charge in [0.15, 0.2) is 0 Å². The average Bonchev–Trinajstić information content (AvgIpc) is 2.55. The molecule has 0 atom stereocenters. The molecule has 0 aliphatic carbocycles. The first-order valence-corrected chi connectivity index (χ1v) is 8.04. The third-order valence-corrected chi connectivity index (χ3v) is 4.43. The lowest BCUT2D eigenvalue weighted by molar-refractivity contribution is 0.0896. The molecule has 116 valence electrons. The first kappa shape index (κ1) is 15.0. The standard InChI is InChI=1S/C18H23N3O/c1-13(2)21-11-9-15(10-12-21)19-18(22)17-8-7-14-5-3-4-6-16(14)20-17/h3-8,13,15H,9-12H2,1-2H3,(H,19,22). The lowest BCUT2D eigenvalue weighted by atomic mass is 10.0. The Morgan fingerprint density at radius 3 is 2.64 bits per heavy atom. The van der Waals surface area contributed by atoms with Crippen molar-refractivity contribution in [1.82, 2.24) is 15.2 Å². The number of piperidine rings is 1. The summed E-state index contributed by atoms with van der Waals surface area (Å²) in [7, 11) is 0. The maximum absolute atomic E-state index is 12.4. The SMILES string of the molecule is CC(C)N1CCC(NC(=O)c2ccc3ccccc3n2)CC1. The minimum absolute atomic E-state index is 0.0613. The second-order valence-electron chi connectivity index (χ2n) is 6.27. The van der Waals surface area contributed by atoms with E-state index in [1.807, 2.05) is 30.3 Å². The molecule has 0 radical (unpaired) electrons. The van der Waals surface area contributed by atoms with Crippen LogP contribution in [-0.2, 0) is 0 Å². The van der Waals surface area contributed by atoms with E-state index in [1.54, 1.807) is 6.07 Å². The van der Waals surface area contributed by atoms with Gasteiger partial charge in [-0.05, 0) is 38.8 Å². The molecule has 1 aliphatic heterocycles. The molecule has 1 saturated heterocycles. The summed E-state index contributed by atoms with van der Waals surface area (Å²) in [6.07, 6.45) is 2.02. The molecule has 1 fully saturated rings. The van der Waals surface area contributed by atoms with Crippen molar-refractivity contribution in [2.45, 2.75) is 38.8 Å². The summed E-state index contributed by atoms with van der Waals surface area (Å²) in [6.45, 7) is 6.54. The quantitative estimate of drug-likeness (QED) is 0.947. The number of pyridine rings is 1. The Kier molecular flexibility index (Phi) is 4.39. The van der Waals surface area contributed by atoms with E-state index in [-0.39, 0.29) is 11.9 Å². The van der Waals surface area contributed by atoms with Gasteiger partial charge in [-0.2, -0.15) is 0 Å². The predicted octanol–water partition coefficient (Wildman–Crippen LogP) is 2.84. The van der Waals surface area contributed by atoms with Gasteiger partial charge in [0, 0.05) is 30.6 Å². The number of amides is 1. The van der Waals surface area contributed by atoms with E-state index in [9.17, 15) is 4.79 Å². The zero-order valence-electron chi connectivity index (χ0n) is 13.2. The smallest absolute Gasteiger partial charge is 0.270 e. The van der Waals surface area contributed by atoms with Crippen molar-refractivity contribution in [2.24, 2.45) is 0 Å². The summed E-state index contributed by atoms with van der Waals surface area (Å²) in [4.78, 5) is 19.3. The Labute approximate surface area is 131 Å². The van der Waals surface area contributed by atoms with Crippen molar-refractivity contribution in [3.8, 4) is 0 Å². The molecule has 2 aromatic rings. The highest BCUT2D eigenvalue weighted by atomic mass is 16.1. The molecule has 22 heavy (non-hydrogen) atoms. The maximum Gasteiger partial charge on any atom is 0.270 e. The number of rotatable bonds is 3. The Hall–Kier alpha value is -1.94. The molecular formula is C18H23N3O. The minimum atomic E-state index is -0.0613. The van der Waals surface area contributed by atoms with Crippen LogP contribution < -0.4 is 5.32 Å². The van der Waals surface area contributed by atoms with Crippen molar-refractivity contribution in [1.29, 1.82) is 0 Å². The van der Waals surface area contributed by atoms with E-state index in [0.29, 0.717) is 11.7 Å². The van der Waals surface area contributed by atoms with Crippen molar-refractivity contribution >= 4 is 16.8 Å². The third-order valence-electron chi connectivity index (χ3n) is 4.43. The van der Waals surface area contributed by atoms with Crippen LogP contribution in [-0.4, -0.2) is 41.0 Å². The van der Waals surface area contributed by atoms with E-state index in [4.69, 9.17) is 0 Å². The van der Waals surface area contributed by atoms with Crippen LogP contribution in [0.4, 0.5) is 0 Å². The van der Waals surface area contributed by atoms with Crippen LogP contribution in [0.25, 0.3) is 10.9 Å². The number of benzene rings is 1. The minimum Gasteiger partial charge on any atom is -0.348 e. The number of para-hydroxylation sites is 1. The van der Waals surface area contributed by atoms with Crippen molar-refractivity contribution in [3.05, 3.63) is 42.1 Å². The molecule has 1 aromatic carbocycles. The lowest BCUT2D eigenvalue weighted by Gasteiger charge is -2.34. The monoisotopic (exact) mass is 297 g/mol. The highest BCUT2D eigenvalue weighted by Crippen LogP contribution is 2.15. The van der Waals surface area contributed by atoms with E-state index in [2.05, 4.69) is 29.0 Å². The number of nitrogens with zero attached hydrogens (tertiary/aromatic N) is 2. The molecule has 0 unspecified atom stereocenters. The third kappa shape index (κ3) is 3.28. The molecule has 1 aromatic heterocycles. The Morgan fingerprint density at radius 2 is 1.91 bits per heavy atom. The van der Waals surface area contributed by atoms with E-state index in [1.165, 1.54) is 0 Å². The van der Waals surface area contributed by atoms with Crippen LogP contribution in [0.2, 0.25) is 0 Å². The molecule has 0 bridgehead atoms. The molecule has 0 spiro atoms. The second-order valence-corrected chi connectivity index (χ2v) is 6.27. The molecular weight excluding hydrogens is 274 g/mol. The second kappa shape index (κ2) is 6.44. The Bertz CT molecular complexity index is 660. The number of nitrogens with one attached hydrogen (secondary N) is 1. The van der Waals surface area contributed by atoms with Gasteiger partial charge in [0.1, 0.15) is 5.69 Å². The first-order chi connectivity index (χ1) is 10.6. The number of hydrogen-bond donors (Lipinski definition) is 1. The molecule has 4 nitrogen and oxygen atoms in total. The number of carbonyl (C=O) groups excluding carboxylic acids is 1. The van der Waals surface area contributed by atoms with Gasteiger partial charge in [-0.15, -0.1) is 0 Å². The van der Waals surface area contributed by atoms with Crippen LogP contribution in [0.1, 0.15) is 37.2 Å². The molecule has 1 N–H and O–H groups in total. The molecule has 4 heteroatoms. The van der Waals surface area contributed by atoms with Crippen LogP contribution in [0.3, 0.4) is 0 Å². The predicted molar refractivity (Wildman–Crippen MR) is 88.9 cm³/mol. The molecule has 0 saturated carbocycles. The molecule has 2 heterocycles. The van der Waals surface area contributed by atoms with Crippen molar-refractivity contribution in [2.75, 3.05) is 13.1 Å². The zero-order valence-corrected chi connectivity index (χ0v) is 13.2. The Balaban J connectivity index is 1.64. The zero-order chi connectivity index (χ0) is 15.5. The largest absolute Gasteiger partial charge is 0.348 e. The highest BCUT2D eigenvalue weighted by molar-refractivity contribution is 5.95. The van der Waals surface area contributed by atoms with Gasteiger partial charge in [0.05, 0.1) is 5.52 Å². The number of aromatic nitrogens is 1. The normalized spacial score (nSPS) is 17.0. The van der Waals surface area contributed by atoms with Gasteiger partial charge < -0.3 is 10.2 Å². The number of hydrogen-bond acceptors (Lipinski definition) is 3. The topological polar surface area (TPSA) is 45.2 Å². The van der Waals surface area contributed by atoms with Crippen LogP contribution >= 0.6 is 0 Å². The van der Waals surface area contributed by atoms with Gasteiger partial charge in [0.25, 0.3) is 5.91 Å². The average molecular weight is 297 g/mol. The van der Waals surface area contributed by atoms with Crippen molar-refractivity contribution < 1.29 is 4.79 Å². The van der Waals surface area contributed by atoms with Crippen molar-refractivity contribution in [3.63, 3.8) is 0 Å². The summed E-state index contributed by atoms with van der Waals surface area (Å²) in [5, 5.41) is 4.19. The fraction of sp³-hybridized carbons (Fsp3) is 0.444.